The van der Waals surface area contributed by atoms with Crippen LogP contribution >= 0.6 is 0 Å². The third-order valence-corrected chi connectivity index (χ3v) is 3.13. The lowest BCUT2D eigenvalue weighted by Gasteiger charge is -2.07. The molecule has 1 heterocycles. The van der Waals surface area contributed by atoms with Gasteiger partial charge in [0.05, 0.1) is 6.61 Å². The quantitative estimate of drug-likeness (QED) is 0.491. The second-order valence-corrected chi connectivity index (χ2v) is 4.97. The highest BCUT2D eigenvalue weighted by Gasteiger charge is 2.38. The molecule has 0 fully saturated rings. The molecule has 0 atom stereocenters. The van der Waals surface area contributed by atoms with Gasteiger partial charge in [-0.2, -0.15) is 18.4 Å². The number of rotatable bonds is 5. The van der Waals surface area contributed by atoms with E-state index in [1.165, 1.54) is 18.3 Å². The highest BCUT2D eigenvalue weighted by molar-refractivity contribution is 5.93. The molecule has 10 heteroatoms. The van der Waals surface area contributed by atoms with Crippen molar-refractivity contribution in [1.29, 1.82) is 5.26 Å². The van der Waals surface area contributed by atoms with E-state index in [0.717, 1.165) is 0 Å². The standard InChI is InChI=1S/C16H13F3N4O3/c1-3-25-14(24)11(7-20)8-21-12-5-4-10(6-9(12)2)13-22-23-15(26-13)16(17,18)19/h4-6,8,21H,3H2,1-2H3/b11-8-. The van der Waals surface area contributed by atoms with Crippen LogP contribution in [-0.2, 0) is 15.7 Å². The number of carbonyl (C=O) groups excluding carboxylic acids is 1. The minimum atomic E-state index is -4.71. The third kappa shape index (κ3) is 4.38. The predicted octanol–water partition coefficient (Wildman–Crippen LogP) is 3.45. The molecule has 0 spiro atoms. The average Bonchev–Trinajstić information content (AvgIpc) is 3.07. The average molecular weight is 366 g/mol. The molecule has 0 aliphatic heterocycles. The van der Waals surface area contributed by atoms with Crippen LogP contribution in [0.2, 0.25) is 0 Å². The van der Waals surface area contributed by atoms with Crippen molar-refractivity contribution in [1.82, 2.24) is 10.2 Å². The zero-order chi connectivity index (χ0) is 19.3. The molecule has 26 heavy (non-hydrogen) atoms. The second-order valence-electron chi connectivity index (χ2n) is 4.97. The molecule has 0 bridgehead atoms. The van der Waals surface area contributed by atoms with Gasteiger partial charge in [0.1, 0.15) is 6.07 Å². The van der Waals surface area contributed by atoms with Gasteiger partial charge in [0.15, 0.2) is 5.57 Å². The summed E-state index contributed by atoms with van der Waals surface area (Å²) in [4.78, 5) is 11.5. The van der Waals surface area contributed by atoms with Gasteiger partial charge < -0.3 is 14.5 Å². The van der Waals surface area contributed by atoms with Crippen LogP contribution in [0, 0.1) is 18.3 Å². The number of aromatic nitrogens is 2. The second kappa shape index (κ2) is 7.69. The summed E-state index contributed by atoms with van der Waals surface area (Å²) in [5.74, 6) is -2.46. The zero-order valence-electron chi connectivity index (χ0n) is 13.7. The number of nitrogens with zero attached hydrogens (tertiary/aromatic N) is 3. The Kier molecular flexibility index (Phi) is 5.61. The van der Waals surface area contributed by atoms with E-state index < -0.39 is 18.0 Å². The SMILES string of the molecule is CCOC(=O)/C(C#N)=C\Nc1ccc(-c2nnc(C(F)(F)F)o2)cc1C. The van der Waals surface area contributed by atoms with Gasteiger partial charge in [0, 0.05) is 17.5 Å². The van der Waals surface area contributed by atoms with Crippen molar-refractivity contribution in [2.45, 2.75) is 20.0 Å². The first kappa shape index (κ1) is 19.0. The lowest BCUT2D eigenvalue weighted by molar-refractivity contribution is -0.157. The number of benzene rings is 1. The van der Waals surface area contributed by atoms with E-state index in [-0.39, 0.29) is 18.1 Å². The van der Waals surface area contributed by atoms with Crippen molar-refractivity contribution in [3.63, 3.8) is 0 Å². The van der Waals surface area contributed by atoms with Gasteiger partial charge in [-0.1, -0.05) is 0 Å². The van der Waals surface area contributed by atoms with Crippen LogP contribution in [0.3, 0.4) is 0 Å². The fraction of sp³-hybridized carbons (Fsp3) is 0.250. The predicted molar refractivity (Wildman–Crippen MR) is 83.4 cm³/mol. The summed E-state index contributed by atoms with van der Waals surface area (Å²) in [6.45, 7) is 3.43. The van der Waals surface area contributed by atoms with Crippen molar-refractivity contribution >= 4 is 11.7 Å². The van der Waals surface area contributed by atoms with E-state index in [0.29, 0.717) is 16.8 Å². The number of ether oxygens (including phenoxy) is 1. The maximum atomic E-state index is 12.5. The van der Waals surface area contributed by atoms with E-state index in [2.05, 4.69) is 19.9 Å². The number of hydrogen-bond acceptors (Lipinski definition) is 7. The molecule has 1 aromatic heterocycles. The Balaban J connectivity index is 2.21. The molecule has 0 saturated heterocycles. The summed E-state index contributed by atoms with van der Waals surface area (Å²) < 4.78 is 46.9. The van der Waals surface area contributed by atoms with Crippen LogP contribution < -0.4 is 5.32 Å². The first-order chi connectivity index (χ1) is 12.3. The van der Waals surface area contributed by atoms with Crippen molar-refractivity contribution in [3.8, 4) is 17.5 Å². The number of anilines is 1. The van der Waals surface area contributed by atoms with E-state index >= 15 is 0 Å². The van der Waals surface area contributed by atoms with E-state index in [9.17, 15) is 18.0 Å². The Morgan fingerprint density at radius 2 is 2.15 bits per heavy atom. The normalized spacial score (nSPS) is 11.8. The number of carbonyl (C=O) groups is 1. The Bertz CT molecular complexity index is 882. The number of aryl methyl sites for hydroxylation is 1. The monoisotopic (exact) mass is 366 g/mol. The van der Waals surface area contributed by atoms with Gasteiger partial charge in [0.2, 0.25) is 5.89 Å². The number of nitriles is 1. The van der Waals surface area contributed by atoms with Gasteiger partial charge in [-0.25, -0.2) is 4.79 Å². The molecular weight excluding hydrogens is 353 g/mol. The Labute approximate surface area is 146 Å². The molecule has 0 aliphatic rings. The molecule has 0 radical (unpaired) electrons. The van der Waals surface area contributed by atoms with Gasteiger partial charge in [-0.05, 0) is 37.6 Å². The first-order valence-electron chi connectivity index (χ1n) is 7.32. The molecule has 2 aromatic rings. The van der Waals surface area contributed by atoms with Gasteiger partial charge >= 0.3 is 18.0 Å². The smallest absolute Gasteiger partial charge is 0.462 e. The summed E-state index contributed by atoms with van der Waals surface area (Å²) in [6.07, 6.45) is -3.53. The van der Waals surface area contributed by atoms with E-state index in [1.807, 2.05) is 0 Å². The van der Waals surface area contributed by atoms with Gasteiger partial charge in [-0.15, -0.1) is 10.2 Å². The molecular formula is C16H13F3N4O3. The molecule has 0 aliphatic carbocycles. The lowest BCUT2D eigenvalue weighted by atomic mass is 10.1. The number of nitrogens with one attached hydrogen (secondary N) is 1. The molecule has 2 rings (SSSR count). The number of esters is 1. The van der Waals surface area contributed by atoms with Gasteiger partial charge in [-0.3, -0.25) is 0 Å². The van der Waals surface area contributed by atoms with Gasteiger partial charge in [0.25, 0.3) is 0 Å². The molecule has 1 N–H and O–H groups in total. The fourth-order valence-corrected chi connectivity index (χ4v) is 1.91. The molecule has 0 amide bonds. The number of hydrogen-bond donors (Lipinski definition) is 1. The minimum Gasteiger partial charge on any atom is -0.462 e. The number of halogens is 3. The summed E-state index contributed by atoms with van der Waals surface area (Å²) >= 11 is 0. The molecule has 1 aromatic carbocycles. The number of alkyl halides is 3. The molecule has 0 saturated carbocycles. The van der Waals surface area contributed by atoms with E-state index in [4.69, 9.17) is 10.00 Å². The Hall–Kier alpha value is -3.35. The highest BCUT2D eigenvalue weighted by atomic mass is 19.4. The fourth-order valence-electron chi connectivity index (χ4n) is 1.91. The van der Waals surface area contributed by atoms with Crippen LogP contribution in [0.5, 0.6) is 0 Å². The van der Waals surface area contributed by atoms with Crippen LogP contribution in [-0.4, -0.2) is 22.8 Å². The van der Waals surface area contributed by atoms with Crippen molar-refractivity contribution in [2.24, 2.45) is 0 Å². The topological polar surface area (TPSA) is 101 Å². The summed E-state index contributed by atoms with van der Waals surface area (Å²) in [6, 6.07) is 6.25. The Morgan fingerprint density at radius 1 is 1.42 bits per heavy atom. The Morgan fingerprint density at radius 3 is 2.69 bits per heavy atom. The summed E-state index contributed by atoms with van der Waals surface area (Å²) in [5.41, 5.74) is 1.22. The maximum Gasteiger partial charge on any atom is 0.470 e. The van der Waals surface area contributed by atoms with Crippen molar-refractivity contribution in [3.05, 3.63) is 41.4 Å². The maximum absolute atomic E-state index is 12.5. The minimum absolute atomic E-state index is 0.135. The summed E-state index contributed by atoms with van der Waals surface area (Å²) in [5, 5.41) is 18.1. The molecule has 7 nitrogen and oxygen atoms in total. The summed E-state index contributed by atoms with van der Waals surface area (Å²) in [7, 11) is 0. The van der Waals surface area contributed by atoms with Crippen LogP contribution in [0.25, 0.3) is 11.5 Å². The third-order valence-electron chi connectivity index (χ3n) is 3.13. The largest absolute Gasteiger partial charge is 0.470 e. The lowest BCUT2D eigenvalue weighted by Crippen LogP contribution is -2.08. The van der Waals surface area contributed by atoms with Crippen molar-refractivity contribution < 1.29 is 27.1 Å². The molecule has 0 unspecified atom stereocenters. The van der Waals surface area contributed by atoms with Crippen LogP contribution in [0.1, 0.15) is 18.4 Å². The highest BCUT2D eigenvalue weighted by Crippen LogP contribution is 2.31. The zero-order valence-corrected chi connectivity index (χ0v) is 13.7. The first-order valence-corrected chi connectivity index (χ1v) is 7.32. The van der Waals surface area contributed by atoms with E-state index in [1.54, 1.807) is 26.0 Å². The van der Waals surface area contributed by atoms with Crippen LogP contribution in [0.4, 0.5) is 18.9 Å². The van der Waals surface area contributed by atoms with Crippen LogP contribution in [0.15, 0.2) is 34.4 Å². The van der Waals surface area contributed by atoms with Crippen molar-refractivity contribution in [2.75, 3.05) is 11.9 Å². The molecule has 136 valence electrons.